The molecule has 6 nitrogen and oxygen atoms in total. The van der Waals surface area contributed by atoms with E-state index in [4.69, 9.17) is 49.5 Å². The van der Waals surface area contributed by atoms with Crippen LogP contribution in [0.4, 0.5) is 22.7 Å². The molecule has 0 heterocycles. The topological polar surface area (TPSA) is 62.8 Å². The molecule has 144 valence electrons. The maximum atomic E-state index is 8.38. The van der Waals surface area contributed by atoms with Crippen LogP contribution in [0.3, 0.4) is 0 Å². The van der Waals surface area contributed by atoms with Gasteiger partial charge in [-0.25, -0.2) is 0 Å². The van der Waals surface area contributed by atoms with Crippen molar-refractivity contribution in [3.05, 3.63) is 58.5 Å². The number of nitrogens with zero attached hydrogens (tertiary/aromatic N) is 6. The van der Waals surface area contributed by atoms with Gasteiger partial charge in [0.05, 0.1) is 0 Å². The quantitative estimate of drug-likeness (QED) is 0.320. The monoisotopic (exact) mass is 500 g/mol. The SMILES string of the molecule is CN(C)c1ccc([N+]#N)cc1.CN(C)c1ccc([N+]#N)cc1.[Cl][Zn-2]([Cl])([Cl])[Cl]. The van der Waals surface area contributed by atoms with Gasteiger partial charge in [-0.15, -0.1) is 0 Å². The van der Waals surface area contributed by atoms with Gasteiger partial charge < -0.3 is 9.80 Å². The van der Waals surface area contributed by atoms with Crippen LogP contribution < -0.4 is 9.80 Å². The van der Waals surface area contributed by atoms with Crippen molar-refractivity contribution in [2.24, 2.45) is 0 Å². The Labute approximate surface area is 178 Å². The summed E-state index contributed by atoms with van der Waals surface area (Å²) in [5.41, 5.74) is 3.35. The van der Waals surface area contributed by atoms with Crippen LogP contribution in [-0.4, -0.2) is 28.2 Å². The summed E-state index contributed by atoms with van der Waals surface area (Å²) in [4.78, 5) is 10.1. The van der Waals surface area contributed by atoms with E-state index >= 15 is 0 Å². The minimum absolute atomic E-state index is 0.579. The number of halogens is 4. The molecule has 0 bridgehead atoms. The third kappa shape index (κ3) is 13.5. The van der Waals surface area contributed by atoms with E-state index in [1.54, 1.807) is 24.3 Å². The molecule has 0 spiro atoms. The van der Waals surface area contributed by atoms with E-state index in [9.17, 15) is 0 Å². The van der Waals surface area contributed by atoms with E-state index in [0.717, 1.165) is 11.4 Å². The predicted molar refractivity (Wildman–Crippen MR) is 114 cm³/mol. The molecule has 2 rings (SSSR count). The van der Waals surface area contributed by atoms with Gasteiger partial charge in [0, 0.05) is 63.8 Å². The van der Waals surface area contributed by atoms with Crippen molar-refractivity contribution in [3.63, 3.8) is 0 Å². The molecule has 0 radical (unpaired) electrons. The van der Waals surface area contributed by atoms with Crippen molar-refractivity contribution >= 4 is 61.5 Å². The molecule has 0 saturated heterocycles. The number of rotatable bonds is 2. The van der Waals surface area contributed by atoms with E-state index in [-0.39, 0.29) is 0 Å². The molecule has 27 heavy (non-hydrogen) atoms. The number of diazo groups is 2. The average Bonchev–Trinajstić information content (AvgIpc) is 2.61. The zero-order valence-corrected chi connectivity index (χ0v) is 21.5. The third-order valence-corrected chi connectivity index (χ3v) is 2.96. The van der Waals surface area contributed by atoms with Crippen LogP contribution in [0.15, 0.2) is 48.5 Å². The molecule has 0 amide bonds. The molecule has 0 aromatic heterocycles. The molecular formula is C16H20Cl4N6Zn. The van der Waals surface area contributed by atoms with E-state index in [2.05, 4.69) is 9.95 Å². The summed E-state index contributed by atoms with van der Waals surface area (Å²) < 4.78 is 0. The van der Waals surface area contributed by atoms with Crippen molar-refractivity contribution in [1.82, 2.24) is 0 Å². The molecule has 2 aromatic carbocycles. The van der Waals surface area contributed by atoms with Crippen LogP contribution in [0.5, 0.6) is 0 Å². The standard InChI is InChI=1S/2C8H10N3.4ClH.Zn/c2*1-11(2)8-5-3-7(10-9)4-6-8;;;;;/h2*3-6H,1-2H3;4*1H;/q2*+1;;;;;+2/p-4. The molecule has 11 heteroatoms. The Hall–Kier alpha value is -1.34. The maximum absolute atomic E-state index is 8.38. The van der Waals surface area contributed by atoms with Gasteiger partial charge in [0.25, 0.3) is 0 Å². The van der Waals surface area contributed by atoms with Gasteiger partial charge in [0.2, 0.25) is 10.8 Å². The fourth-order valence-corrected chi connectivity index (χ4v) is 1.63. The Morgan fingerprint density at radius 3 is 1.00 bits per heavy atom. The molecule has 0 unspecified atom stereocenters. The number of anilines is 2. The van der Waals surface area contributed by atoms with Gasteiger partial charge in [-0.2, -0.15) is 0 Å². The normalized spacial score (nSPS) is 9.41. The first-order valence-corrected chi connectivity index (χ1v) is 23.4. The van der Waals surface area contributed by atoms with Gasteiger partial charge in [-0.05, 0) is 24.3 Å². The zero-order valence-electron chi connectivity index (χ0n) is 15.5. The van der Waals surface area contributed by atoms with Crippen molar-refractivity contribution in [2.75, 3.05) is 38.0 Å². The van der Waals surface area contributed by atoms with Gasteiger partial charge in [-0.1, -0.05) is 0 Å². The molecule has 0 saturated carbocycles. The molecule has 2 aromatic rings. The first-order valence-electron chi connectivity index (χ1n) is 7.80. The second-order valence-electron chi connectivity index (χ2n) is 5.63. The Morgan fingerprint density at radius 2 is 0.852 bits per heavy atom. The first kappa shape index (κ1) is 25.7. The first-order chi connectivity index (χ1) is 12.5. The van der Waals surface area contributed by atoms with E-state index < -0.39 is 10.8 Å². The Bertz CT molecular complexity index is 694. The molecule has 0 aliphatic heterocycles. The van der Waals surface area contributed by atoms with Gasteiger partial charge in [-0.3, -0.25) is 0 Å². The van der Waals surface area contributed by atoms with Crippen LogP contribution in [0, 0.1) is 10.8 Å². The Morgan fingerprint density at radius 1 is 0.630 bits per heavy atom. The van der Waals surface area contributed by atoms with Crippen molar-refractivity contribution in [2.45, 2.75) is 0 Å². The predicted octanol–water partition coefficient (Wildman–Crippen LogP) is 7.23. The number of hydrogen-bond donors (Lipinski definition) is 0. The van der Waals surface area contributed by atoms with E-state index in [1.165, 1.54) is 0 Å². The Kier molecular flexibility index (Phi) is 12.3. The van der Waals surface area contributed by atoms with Crippen LogP contribution in [-0.2, 0) is 10.8 Å². The Balaban J connectivity index is 0.000000405. The molecule has 0 aliphatic carbocycles. The second-order valence-corrected chi connectivity index (χ2v) is 33.4. The minimum atomic E-state index is -3.36. The van der Waals surface area contributed by atoms with Crippen LogP contribution >= 0.6 is 38.8 Å². The molecular weight excluding hydrogens is 483 g/mol. The van der Waals surface area contributed by atoms with Crippen molar-refractivity contribution in [1.29, 1.82) is 10.8 Å². The van der Waals surface area contributed by atoms with Crippen LogP contribution in [0.2, 0.25) is 0 Å². The third-order valence-electron chi connectivity index (χ3n) is 2.96. The zero-order chi connectivity index (χ0) is 21.0. The number of benzene rings is 2. The summed E-state index contributed by atoms with van der Waals surface area (Å²) >= 11 is 0. The molecule has 0 atom stereocenters. The molecule has 0 fully saturated rings. The summed E-state index contributed by atoms with van der Waals surface area (Å²) in [5.74, 6) is 0. The average molecular weight is 504 g/mol. The summed E-state index contributed by atoms with van der Waals surface area (Å²) in [6, 6.07) is 14.6. The van der Waals surface area contributed by atoms with E-state index in [1.807, 2.05) is 62.3 Å². The second kappa shape index (κ2) is 12.9. The van der Waals surface area contributed by atoms with Crippen LogP contribution in [0.1, 0.15) is 0 Å². The summed E-state index contributed by atoms with van der Waals surface area (Å²) in [6.07, 6.45) is 0. The van der Waals surface area contributed by atoms with E-state index in [0.29, 0.717) is 11.4 Å². The molecule has 0 aliphatic rings. The molecule has 0 N–H and O–H groups in total. The summed E-state index contributed by atoms with van der Waals surface area (Å²) in [6.45, 7) is 0. The number of hydrogen-bond acceptors (Lipinski definition) is 4. The van der Waals surface area contributed by atoms with Gasteiger partial charge in [0.15, 0.2) is 9.95 Å². The fourth-order valence-electron chi connectivity index (χ4n) is 1.63. The summed E-state index contributed by atoms with van der Waals surface area (Å²) in [7, 11) is 24.7. The summed E-state index contributed by atoms with van der Waals surface area (Å²) in [5, 5.41) is 16.8. The van der Waals surface area contributed by atoms with Crippen LogP contribution in [0.25, 0.3) is 9.95 Å². The van der Waals surface area contributed by atoms with Gasteiger partial charge >= 0.3 is 61.0 Å². The van der Waals surface area contributed by atoms with Gasteiger partial charge in [0.1, 0.15) is 0 Å². The fraction of sp³-hybridized carbons (Fsp3) is 0.250. The van der Waals surface area contributed by atoms with Crippen molar-refractivity contribution in [3.8, 4) is 0 Å². The van der Waals surface area contributed by atoms with Crippen molar-refractivity contribution < 1.29 is 10.8 Å².